The maximum absolute atomic E-state index is 7.07. The molecule has 3 heteroatoms. The van der Waals surface area contributed by atoms with Crippen molar-refractivity contribution in [3.05, 3.63) is 23.2 Å². The topological polar surface area (TPSA) is 63.0 Å². The third-order valence-corrected chi connectivity index (χ3v) is 1.52. The zero-order chi connectivity index (χ0) is 8.43. The summed E-state index contributed by atoms with van der Waals surface area (Å²) in [5.41, 5.74) is 6.25. The molecule has 1 heterocycles. The minimum absolute atomic E-state index is 0.175. The lowest BCUT2D eigenvalue weighted by molar-refractivity contribution is 0.502. The van der Waals surface area contributed by atoms with Crippen molar-refractivity contribution in [1.29, 1.82) is 5.41 Å². The molecule has 0 fully saturated rings. The molecule has 11 heavy (non-hydrogen) atoms. The lowest BCUT2D eigenvalue weighted by Gasteiger charge is -1.93. The van der Waals surface area contributed by atoms with E-state index in [1.54, 1.807) is 0 Å². The van der Waals surface area contributed by atoms with Crippen molar-refractivity contribution in [3.8, 4) is 0 Å². The van der Waals surface area contributed by atoms with Gasteiger partial charge in [0.05, 0.1) is 5.84 Å². The molecule has 0 aliphatic heterocycles. The largest absolute Gasteiger partial charge is 0.466 e. The second kappa shape index (κ2) is 2.78. The summed E-state index contributed by atoms with van der Waals surface area (Å²) >= 11 is 0. The summed E-state index contributed by atoms with van der Waals surface area (Å²) in [4.78, 5) is 0. The Balaban J connectivity index is 2.85. The lowest BCUT2D eigenvalue weighted by Crippen LogP contribution is -2.12. The number of hydrogen-bond donors (Lipinski definition) is 2. The van der Waals surface area contributed by atoms with Gasteiger partial charge in [0, 0.05) is 12.0 Å². The van der Waals surface area contributed by atoms with Crippen molar-refractivity contribution in [2.24, 2.45) is 5.73 Å². The molecule has 0 aromatic carbocycles. The minimum Gasteiger partial charge on any atom is -0.466 e. The Bertz CT molecular complexity index is 276. The van der Waals surface area contributed by atoms with Crippen molar-refractivity contribution in [1.82, 2.24) is 0 Å². The van der Waals surface area contributed by atoms with Gasteiger partial charge >= 0.3 is 0 Å². The SMILES string of the molecule is Cc1cc(CC(=N)N)c(C)o1. The Morgan fingerprint density at radius 2 is 2.27 bits per heavy atom. The summed E-state index contributed by atoms with van der Waals surface area (Å²) in [6.07, 6.45) is 0.489. The van der Waals surface area contributed by atoms with Gasteiger partial charge in [-0.25, -0.2) is 0 Å². The molecular weight excluding hydrogens is 140 g/mol. The Morgan fingerprint density at radius 1 is 1.64 bits per heavy atom. The molecule has 0 unspecified atom stereocenters. The Morgan fingerprint density at radius 3 is 2.64 bits per heavy atom. The fraction of sp³-hybridized carbons (Fsp3) is 0.375. The summed E-state index contributed by atoms with van der Waals surface area (Å²) in [5, 5.41) is 7.07. The lowest BCUT2D eigenvalue weighted by atomic mass is 10.2. The van der Waals surface area contributed by atoms with Gasteiger partial charge in [0.25, 0.3) is 0 Å². The number of nitrogens with one attached hydrogen (secondary N) is 1. The predicted octanol–water partition coefficient (Wildman–Crippen LogP) is 1.37. The maximum Gasteiger partial charge on any atom is 0.104 e. The molecule has 3 N–H and O–H groups in total. The molecule has 1 aromatic heterocycles. The van der Waals surface area contributed by atoms with Gasteiger partial charge in [-0.3, -0.25) is 5.41 Å². The Kier molecular flexibility index (Phi) is 1.98. The van der Waals surface area contributed by atoms with Crippen LogP contribution in [0.15, 0.2) is 10.5 Å². The number of amidine groups is 1. The van der Waals surface area contributed by atoms with E-state index in [-0.39, 0.29) is 5.84 Å². The van der Waals surface area contributed by atoms with Gasteiger partial charge in [-0.1, -0.05) is 0 Å². The first-order valence-corrected chi connectivity index (χ1v) is 3.48. The first-order chi connectivity index (χ1) is 5.09. The van der Waals surface area contributed by atoms with Crippen LogP contribution in [0.5, 0.6) is 0 Å². The van der Waals surface area contributed by atoms with E-state index in [1.807, 2.05) is 19.9 Å². The standard InChI is InChI=1S/C8H12N2O/c1-5-3-7(4-8(9)10)6(2)11-5/h3H,4H2,1-2H3,(H3,9,10). The molecule has 0 aliphatic carbocycles. The molecule has 0 saturated carbocycles. The third-order valence-electron chi connectivity index (χ3n) is 1.52. The van der Waals surface area contributed by atoms with Crippen molar-refractivity contribution in [2.45, 2.75) is 20.3 Å². The Hall–Kier alpha value is -1.25. The van der Waals surface area contributed by atoms with Crippen LogP contribution in [0, 0.1) is 19.3 Å². The highest BCUT2D eigenvalue weighted by molar-refractivity contribution is 5.79. The molecule has 3 nitrogen and oxygen atoms in total. The number of nitrogens with two attached hydrogens (primary N) is 1. The second-order valence-corrected chi connectivity index (χ2v) is 2.64. The molecule has 0 aliphatic rings. The zero-order valence-corrected chi connectivity index (χ0v) is 6.77. The third kappa shape index (κ3) is 1.83. The van der Waals surface area contributed by atoms with Crippen LogP contribution in [-0.2, 0) is 6.42 Å². The second-order valence-electron chi connectivity index (χ2n) is 2.64. The summed E-state index contributed by atoms with van der Waals surface area (Å²) in [5.74, 6) is 1.91. The summed E-state index contributed by atoms with van der Waals surface area (Å²) < 4.78 is 5.26. The monoisotopic (exact) mass is 152 g/mol. The highest BCUT2D eigenvalue weighted by Gasteiger charge is 2.04. The van der Waals surface area contributed by atoms with E-state index in [2.05, 4.69) is 0 Å². The highest BCUT2D eigenvalue weighted by Crippen LogP contribution is 2.13. The van der Waals surface area contributed by atoms with E-state index < -0.39 is 0 Å². The molecule has 0 saturated heterocycles. The molecule has 0 amide bonds. The maximum atomic E-state index is 7.07. The summed E-state index contributed by atoms with van der Waals surface area (Å²) in [7, 11) is 0. The first kappa shape index (κ1) is 7.85. The molecule has 0 spiro atoms. The van der Waals surface area contributed by atoms with Gasteiger partial charge in [0.2, 0.25) is 0 Å². The van der Waals surface area contributed by atoms with Gasteiger partial charge in [-0.2, -0.15) is 0 Å². The van der Waals surface area contributed by atoms with Crippen molar-refractivity contribution in [2.75, 3.05) is 0 Å². The average molecular weight is 152 g/mol. The van der Waals surface area contributed by atoms with E-state index in [0.717, 1.165) is 17.1 Å². The number of rotatable bonds is 2. The molecule has 0 bridgehead atoms. The van der Waals surface area contributed by atoms with Gasteiger partial charge in [-0.05, 0) is 19.9 Å². The molecule has 0 radical (unpaired) electrons. The number of aryl methyl sites for hydroxylation is 2. The fourth-order valence-electron chi connectivity index (χ4n) is 1.06. The summed E-state index contributed by atoms with van der Waals surface area (Å²) in [6.45, 7) is 3.77. The van der Waals surface area contributed by atoms with Crippen LogP contribution in [0.4, 0.5) is 0 Å². The molecule has 1 rings (SSSR count). The van der Waals surface area contributed by atoms with Crippen LogP contribution in [-0.4, -0.2) is 5.84 Å². The van der Waals surface area contributed by atoms with Crippen LogP contribution < -0.4 is 5.73 Å². The quantitative estimate of drug-likeness (QED) is 0.496. The van der Waals surface area contributed by atoms with Gasteiger partial charge in [0.15, 0.2) is 0 Å². The number of hydrogen-bond acceptors (Lipinski definition) is 2. The normalized spacial score (nSPS) is 10.0. The fourth-order valence-corrected chi connectivity index (χ4v) is 1.06. The first-order valence-electron chi connectivity index (χ1n) is 3.48. The van der Waals surface area contributed by atoms with Crippen LogP contribution in [0.2, 0.25) is 0 Å². The van der Waals surface area contributed by atoms with E-state index >= 15 is 0 Å². The van der Waals surface area contributed by atoms with E-state index in [9.17, 15) is 0 Å². The van der Waals surface area contributed by atoms with Gasteiger partial charge < -0.3 is 10.2 Å². The van der Waals surface area contributed by atoms with Crippen molar-refractivity contribution >= 4 is 5.84 Å². The summed E-state index contributed by atoms with van der Waals surface area (Å²) in [6, 6.07) is 1.91. The highest BCUT2D eigenvalue weighted by atomic mass is 16.3. The molecule has 60 valence electrons. The Labute approximate surface area is 65.7 Å². The molecule has 0 atom stereocenters. The smallest absolute Gasteiger partial charge is 0.104 e. The van der Waals surface area contributed by atoms with Crippen molar-refractivity contribution < 1.29 is 4.42 Å². The van der Waals surface area contributed by atoms with Crippen LogP contribution >= 0.6 is 0 Å². The zero-order valence-electron chi connectivity index (χ0n) is 6.77. The van der Waals surface area contributed by atoms with Crippen LogP contribution in [0.3, 0.4) is 0 Å². The van der Waals surface area contributed by atoms with Gasteiger partial charge in [0.1, 0.15) is 11.5 Å². The minimum atomic E-state index is 0.175. The van der Waals surface area contributed by atoms with Gasteiger partial charge in [-0.15, -0.1) is 0 Å². The van der Waals surface area contributed by atoms with Crippen LogP contribution in [0.1, 0.15) is 17.1 Å². The van der Waals surface area contributed by atoms with E-state index in [1.165, 1.54) is 0 Å². The number of furan rings is 1. The molecule has 1 aromatic rings. The molecular formula is C8H12N2O. The van der Waals surface area contributed by atoms with E-state index in [4.69, 9.17) is 15.6 Å². The van der Waals surface area contributed by atoms with Crippen LogP contribution in [0.25, 0.3) is 0 Å². The average Bonchev–Trinajstić information content (AvgIpc) is 2.09. The predicted molar refractivity (Wildman–Crippen MR) is 43.8 cm³/mol. The van der Waals surface area contributed by atoms with Crippen molar-refractivity contribution in [3.63, 3.8) is 0 Å². The van der Waals surface area contributed by atoms with E-state index in [0.29, 0.717) is 6.42 Å².